The lowest BCUT2D eigenvalue weighted by Crippen LogP contribution is -2.29. The van der Waals surface area contributed by atoms with Gasteiger partial charge in [-0.15, -0.1) is 0 Å². The molecule has 11 aromatic rings. The van der Waals surface area contributed by atoms with Crippen molar-refractivity contribution < 1.29 is 0 Å². The summed E-state index contributed by atoms with van der Waals surface area (Å²) in [4.78, 5) is 2.42. The average Bonchev–Trinajstić information content (AvgIpc) is 3.71. The summed E-state index contributed by atoms with van der Waals surface area (Å²) in [6.07, 6.45) is 0. The lowest BCUT2D eigenvalue weighted by molar-refractivity contribution is 0.775. The summed E-state index contributed by atoms with van der Waals surface area (Å²) in [5.41, 5.74) is 19.9. The fraction of sp³-hybridized carbons (Fsp3) is 0.0154. The molecule has 0 atom stereocenters. The van der Waals surface area contributed by atoms with Crippen LogP contribution in [0, 0.1) is 0 Å². The minimum Gasteiger partial charge on any atom is -0.310 e. The maximum absolute atomic E-state index is 2.47. The smallest absolute Gasteiger partial charge is 0.0719 e. The van der Waals surface area contributed by atoms with Gasteiger partial charge in [0.2, 0.25) is 0 Å². The Balaban J connectivity index is 1.07. The quantitative estimate of drug-likeness (QED) is 0.140. The van der Waals surface area contributed by atoms with Gasteiger partial charge in [0, 0.05) is 17.1 Å². The second-order valence-electron chi connectivity index (χ2n) is 17.2. The molecule has 0 aromatic heterocycles. The van der Waals surface area contributed by atoms with Gasteiger partial charge in [0.25, 0.3) is 0 Å². The highest BCUT2D eigenvalue weighted by molar-refractivity contribution is 6.08. The summed E-state index contributed by atoms with van der Waals surface area (Å²) in [6.45, 7) is 0. The van der Waals surface area contributed by atoms with Crippen LogP contribution in [0.1, 0.15) is 22.3 Å². The molecule has 0 aliphatic heterocycles. The first-order valence-electron chi connectivity index (χ1n) is 22.8. The van der Waals surface area contributed by atoms with E-state index in [4.69, 9.17) is 0 Å². The van der Waals surface area contributed by atoms with Crippen LogP contribution in [0.25, 0.3) is 66.4 Å². The van der Waals surface area contributed by atoms with E-state index in [-0.39, 0.29) is 0 Å². The molecule has 0 N–H and O–H groups in total. The highest BCUT2D eigenvalue weighted by Gasteiger charge is 2.47. The third-order valence-electron chi connectivity index (χ3n) is 13.6. The fourth-order valence-corrected chi connectivity index (χ4v) is 10.5. The normalized spacial score (nSPS) is 12.4. The standard InChI is InChI=1S/C65H45N/c1-6-18-46(19-7-1)48-30-32-49(33-31-48)51-36-40-56(41-37-51)66(55-38-34-50(35-39-55)47-20-8-2-9-21-47)57-42-43-63-61(44-57)62-45-60(52-22-10-3-11-23-52)58-28-16-17-29-59(58)64(62)65(63,53-24-12-4-13-25-53)54-26-14-5-15-27-54/h1-45H. The predicted molar refractivity (Wildman–Crippen MR) is 278 cm³/mol. The van der Waals surface area contributed by atoms with E-state index in [0.29, 0.717) is 0 Å². The van der Waals surface area contributed by atoms with Crippen molar-refractivity contribution >= 4 is 27.8 Å². The van der Waals surface area contributed by atoms with Crippen molar-refractivity contribution in [2.45, 2.75) is 5.41 Å². The molecule has 1 nitrogen and oxygen atoms in total. The number of benzene rings is 11. The van der Waals surface area contributed by atoms with Gasteiger partial charge in [-0.2, -0.15) is 0 Å². The first-order valence-corrected chi connectivity index (χ1v) is 22.8. The second kappa shape index (κ2) is 16.6. The van der Waals surface area contributed by atoms with Crippen molar-refractivity contribution in [3.63, 3.8) is 0 Å². The van der Waals surface area contributed by atoms with Gasteiger partial charge in [-0.05, 0) is 131 Å². The van der Waals surface area contributed by atoms with Gasteiger partial charge in [0.15, 0.2) is 0 Å². The van der Waals surface area contributed by atoms with E-state index in [1.165, 1.54) is 88.7 Å². The summed E-state index contributed by atoms with van der Waals surface area (Å²) in [5, 5.41) is 2.52. The minimum atomic E-state index is -0.569. The van der Waals surface area contributed by atoms with Crippen molar-refractivity contribution in [3.8, 4) is 55.6 Å². The zero-order valence-electron chi connectivity index (χ0n) is 36.4. The number of fused-ring (bicyclic) bond motifs is 5. The van der Waals surface area contributed by atoms with Gasteiger partial charge in [-0.3, -0.25) is 0 Å². The van der Waals surface area contributed by atoms with E-state index >= 15 is 0 Å². The number of nitrogens with zero attached hydrogens (tertiary/aromatic N) is 1. The molecule has 1 heteroatoms. The zero-order valence-corrected chi connectivity index (χ0v) is 36.4. The number of rotatable bonds is 9. The van der Waals surface area contributed by atoms with E-state index in [9.17, 15) is 0 Å². The van der Waals surface area contributed by atoms with Gasteiger partial charge >= 0.3 is 0 Å². The third-order valence-corrected chi connectivity index (χ3v) is 13.6. The topological polar surface area (TPSA) is 3.24 Å². The maximum Gasteiger partial charge on any atom is 0.0719 e. The maximum atomic E-state index is 2.47. The lowest BCUT2D eigenvalue weighted by Gasteiger charge is -2.35. The molecule has 66 heavy (non-hydrogen) atoms. The molecule has 1 aliphatic carbocycles. The third kappa shape index (κ3) is 6.64. The molecule has 11 aromatic carbocycles. The molecule has 0 fully saturated rings. The van der Waals surface area contributed by atoms with Gasteiger partial charge in [0.05, 0.1) is 5.41 Å². The molecule has 0 radical (unpaired) electrons. The molecule has 0 amide bonds. The molecule has 0 saturated heterocycles. The Hall–Kier alpha value is -8.52. The second-order valence-corrected chi connectivity index (χ2v) is 17.2. The molecule has 1 aliphatic rings. The minimum absolute atomic E-state index is 0.569. The van der Waals surface area contributed by atoms with Crippen LogP contribution in [-0.4, -0.2) is 0 Å². The fourth-order valence-electron chi connectivity index (χ4n) is 10.5. The van der Waals surface area contributed by atoms with Gasteiger partial charge in [-0.25, -0.2) is 0 Å². The van der Waals surface area contributed by atoms with Gasteiger partial charge in [0.1, 0.15) is 0 Å². The molecule has 310 valence electrons. The summed E-state index contributed by atoms with van der Waals surface area (Å²) in [6, 6.07) is 100. The average molecular weight is 840 g/mol. The first-order chi connectivity index (χ1) is 32.7. The SMILES string of the molecule is c1ccc(-c2ccc(-c3ccc(N(c4ccc(-c5ccccc5)cc4)c4ccc5c(c4)-c4cc(-c6ccccc6)c6ccccc6c4C5(c4ccccc4)c4ccccc4)cc3)cc2)cc1. The largest absolute Gasteiger partial charge is 0.310 e. The van der Waals surface area contributed by atoms with E-state index in [2.05, 4.69) is 278 Å². The number of hydrogen-bond donors (Lipinski definition) is 0. The van der Waals surface area contributed by atoms with Gasteiger partial charge in [-0.1, -0.05) is 231 Å². The molecule has 0 unspecified atom stereocenters. The van der Waals surface area contributed by atoms with Gasteiger partial charge < -0.3 is 4.90 Å². The molecule has 0 bridgehead atoms. The Morgan fingerprint density at radius 1 is 0.242 bits per heavy atom. The van der Waals surface area contributed by atoms with Crippen LogP contribution >= 0.6 is 0 Å². The highest BCUT2D eigenvalue weighted by Crippen LogP contribution is 2.60. The zero-order chi connectivity index (χ0) is 43.9. The number of hydrogen-bond acceptors (Lipinski definition) is 1. The molecular weight excluding hydrogens is 795 g/mol. The lowest BCUT2D eigenvalue weighted by atomic mass is 9.66. The summed E-state index contributed by atoms with van der Waals surface area (Å²) >= 11 is 0. The van der Waals surface area contributed by atoms with Crippen LogP contribution in [0.2, 0.25) is 0 Å². The molecular formula is C65H45N. The van der Waals surface area contributed by atoms with E-state index in [0.717, 1.165) is 17.1 Å². The Bertz CT molecular complexity index is 3410. The van der Waals surface area contributed by atoms with Crippen LogP contribution in [0.5, 0.6) is 0 Å². The number of anilines is 3. The van der Waals surface area contributed by atoms with Crippen LogP contribution in [0.4, 0.5) is 17.1 Å². The van der Waals surface area contributed by atoms with Crippen molar-refractivity contribution in [2.24, 2.45) is 0 Å². The van der Waals surface area contributed by atoms with E-state index in [1.54, 1.807) is 0 Å². The summed E-state index contributed by atoms with van der Waals surface area (Å²) in [5.74, 6) is 0. The molecule has 0 spiro atoms. The predicted octanol–water partition coefficient (Wildman–Crippen LogP) is 17.3. The Kier molecular flexibility index (Phi) is 9.81. The van der Waals surface area contributed by atoms with Crippen molar-refractivity contribution in [1.29, 1.82) is 0 Å². The summed E-state index contributed by atoms with van der Waals surface area (Å²) < 4.78 is 0. The van der Waals surface area contributed by atoms with E-state index in [1.807, 2.05) is 0 Å². The van der Waals surface area contributed by atoms with Crippen LogP contribution in [0.3, 0.4) is 0 Å². The molecule has 0 heterocycles. The van der Waals surface area contributed by atoms with Crippen molar-refractivity contribution in [2.75, 3.05) is 4.90 Å². The van der Waals surface area contributed by atoms with Crippen LogP contribution < -0.4 is 4.90 Å². The van der Waals surface area contributed by atoms with Crippen molar-refractivity contribution in [3.05, 3.63) is 295 Å². The Morgan fingerprint density at radius 3 is 1.08 bits per heavy atom. The Morgan fingerprint density at radius 2 is 0.606 bits per heavy atom. The monoisotopic (exact) mass is 839 g/mol. The first kappa shape index (κ1) is 39.1. The summed E-state index contributed by atoms with van der Waals surface area (Å²) in [7, 11) is 0. The van der Waals surface area contributed by atoms with Crippen molar-refractivity contribution in [1.82, 2.24) is 0 Å². The highest BCUT2D eigenvalue weighted by atomic mass is 15.1. The molecule has 0 saturated carbocycles. The Labute approximate surface area is 387 Å². The van der Waals surface area contributed by atoms with E-state index < -0.39 is 5.41 Å². The van der Waals surface area contributed by atoms with Crippen LogP contribution in [0.15, 0.2) is 273 Å². The van der Waals surface area contributed by atoms with Crippen LogP contribution in [-0.2, 0) is 5.41 Å². The molecule has 12 rings (SSSR count).